The van der Waals surface area contributed by atoms with Gasteiger partial charge in [-0.2, -0.15) is 0 Å². The zero-order valence-electron chi connectivity index (χ0n) is 9.93. The van der Waals surface area contributed by atoms with Crippen LogP contribution in [0, 0.1) is 5.92 Å². The molecule has 92 valence electrons. The van der Waals surface area contributed by atoms with Crippen LogP contribution < -0.4 is 10.6 Å². The summed E-state index contributed by atoms with van der Waals surface area (Å²) in [7, 11) is 1.77. The third-order valence-corrected chi connectivity index (χ3v) is 3.06. The van der Waals surface area contributed by atoms with Gasteiger partial charge in [0, 0.05) is 26.2 Å². The van der Waals surface area contributed by atoms with Crippen molar-refractivity contribution < 1.29 is 9.53 Å². The van der Waals surface area contributed by atoms with Gasteiger partial charge in [0.1, 0.15) is 5.82 Å². The van der Waals surface area contributed by atoms with Gasteiger partial charge in [0.05, 0.1) is 11.9 Å². The fraction of sp³-hybridized carbons (Fsp3) is 0.500. The lowest BCUT2D eigenvalue weighted by atomic mass is 9.99. The first kappa shape index (κ1) is 11.9. The van der Waals surface area contributed by atoms with Crippen molar-refractivity contribution in [2.75, 3.05) is 30.9 Å². The van der Waals surface area contributed by atoms with E-state index in [9.17, 15) is 4.79 Å². The molecular formula is C12H17N3O2. The van der Waals surface area contributed by atoms with E-state index in [1.165, 1.54) is 0 Å². The van der Waals surface area contributed by atoms with Gasteiger partial charge in [-0.25, -0.2) is 4.98 Å². The van der Waals surface area contributed by atoms with Crippen molar-refractivity contribution >= 4 is 17.4 Å². The van der Waals surface area contributed by atoms with E-state index in [2.05, 4.69) is 4.98 Å². The van der Waals surface area contributed by atoms with Crippen molar-refractivity contribution in [2.45, 2.75) is 12.8 Å². The number of ether oxygens (including phenoxy) is 1. The van der Waals surface area contributed by atoms with Crippen molar-refractivity contribution in [1.29, 1.82) is 0 Å². The van der Waals surface area contributed by atoms with Gasteiger partial charge in [-0.15, -0.1) is 0 Å². The highest BCUT2D eigenvalue weighted by atomic mass is 16.5. The Bertz CT molecular complexity index is 385. The van der Waals surface area contributed by atoms with Crippen LogP contribution in [0.3, 0.4) is 0 Å². The number of amides is 1. The first-order valence-electron chi connectivity index (χ1n) is 5.75. The normalized spacial score (nSPS) is 16.8. The van der Waals surface area contributed by atoms with Crippen LogP contribution >= 0.6 is 0 Å². The van der Waals surface area contributed by atoms with Crippen molar-refractivity contribution in [1.82, 2.24) is 4.98 Å². The Balaban J connectivity index is 2.05. The monoisotopic (exact) mass is 235 g/mol. The number of hydrogen-bond donors (Lipinski definition) is 1. The van der Waals surface area contributed by atoms with Crippen LogP contribution in [0.15, 0.2) is 18.3 Å². The van der Waals surface area contributed by atoms with Gasteiger partial charge >= 0.3 is 0 Å². The lowest BCUT2D eigenvalue weighted by Gasteiger charge is -2.26. The van der Waals surface area contributed by atoms with Crippen LogP contribution in [0.1, 0.15) is 12.8 Å². The van der Waals surface area contributed by atoms with Gasteiger partial charge in [0.25, 0.3) is 0 Å². The number of anilines is 2. The number of nitrogen functional groups attached to an aromatic ring is 1. The summed E-state index contributed by atoms with van der Waals surface area (Å²) in [5, 5.41) is 0. The van der Waals surface area contributed by atoms with Gasteiger partial charge in [0.2, 0.25) is 5.91 Å². The highest BCUT2D eigenvalue weighted by Gasteiger charge is 2.25. The van der Waals surface area contributed by atoms with Gasteiger partial charge in [0.15, 0.2) is 0 Å². The van der Waals surface area contributed by atoms with E-state index in [1.54, 1.807) is 30.3 Å². The predicted octanol–water partition coefficient (Wildman–Crippen LogP) is 1.05. The Kier molecular flexibility index (Phi) is 3.58. The van der Waals surface area contributed by atoms with E-state index in [1.807, 2.05) is 0 Å². The number of nitrogens with zero attached hydrogens (tertiary/aromatic N) is 2. The minimum Gasteiger partial charge on any atom is -0.384 e. The molecule has 1 aromatic heterocycles. The molecule has 0 bridgehead atoms. The molecule has 1 aliphatic heterocycles. The number of nitrogens with two attached hydrogens (primary N) is 1. The highest BCUT2D eigenvalue weighted by Crippen LogP contribution is 2.21. The lowest BCUT2D eigenvalue weighted by molar-refractivity contribution is -0.124. The van der Waals surface area contributed by atoms with Crippen molar-refractivity contribution in [2.24, 2.45) is 5.92 Å². The molecule has 2 N–H and O–H groups in total. The Hall–Kier alpha value is -1.62. The van der Waals surface area contributed by atoms with E-state index < -0.39 is 0 Å². The SMILES string of the molecule is CN(C(=O)C1CCOCC1)c1ccc(N)nc1. The molecule has 2 heterocycles. The first-order chi connectivity index (χ1) is 8.18. The van der Waals surface area contributed by atoms with Crippen molar-refractivity contribution in [3.63, 3.8) is 0 Å². The zero-order chi connectivity index (χ0) is 12.3. The second-order valence-electron chi connectivity index (χ2n) is 4.23. The van der Waals surface area contributed by atoms with Crippen LogP contribution in [-0.4, -0.2) is 31.2 Å². The summed E-state index contributed by atoms with van der Waals surface area (Å²) in [4.78, 5) is 17.8. The number of carbonyl (C=O) groups is 1. The van der Waals surface area contributed by atoms with Crippen LogP contribution in [0.5, 0.6) is 0 Å². The molecule has 1 saturated heterocycles. The summed E-state index contributed by atoms with van der Waals surface area (Å²) in [6.45, 7) is 1.34. The molecule has 5 nitrogen and oxygen atoms in total. The van der Waals surface area contributed by atoms with E-state index in [0.29, 0.717) is 19.0 Å². The lowest BCUT2D eigenvalue weighted by Crippen LogP contribution is -2.36. The largest absolute Gasteiger partial charge is 0.384 e. The Labute approximate surface area is 101 Å². The molecule has 0 aromatic carbocycles. The van der Waals surface area contributed by atoms with Gasteiger partial charge in [-0.1, -0.05) is 0 Å². The number of carbonyl (C=O) groups excluding carboxylic acids is 1. The summed E-state index contributed by atoms with van der Waals surface area (Å²) in [6, 6.07) is 3.50. The minimum absolute atomic E-state index is 0.0614. The second-order valence-corrected chi connectivity index (χ2v) is 4.23. The molecule has 0 saturated carbocycles. The maximum Gasteiger partial charge on any atom is 0.230 e. The quantitative estimate of drug-likeness (QED) is 0.832. The molecule has 0 atom stereocenters. The molecule has 0 spiro atoms. The molecule has 0 aliphatic carbocycles. The molecule has 1 fully saturated rings. The van der Waals surface area contributed by atoms with Crippen LogP contribution in [0.25, 0.3) is 0 Å². The van der Waals surface area contributed by atoms with Crippen molar-refractivity contribution in [3.05, 3.63) is 18.3 Å². The van der Waals surface area contributed by atoms with Crippen LogP contribution in [-0.2, 0) is 9.53 Å². The Morgan fingerprint density at radius 2 is 2.18 bits per heavy atom. The van der Waals surface area contributed by atoms with E-state index in [-0.39, 0.29) is 11.8 Å². The van der Waals surface area contributed by atoms with Crippen LogP contribution in [0.2, 0.25) is 0 Å². The standard InChI is InChI=1S/C12H17N3O2/c1-15(10-2-3-11(13)14-8-10)12(16)9-4-6-17-7-5-9/h2-3,8-9H,4-7H2,1H3,(H2,13,14). The molecule has 1 aromatic rings. The number of pyridine rings is 1. The van der Waals surface area contributed by atoms with Gasteiger partial charge in [-0.05, 0) is 25.0 Å². The topological polar surface area (TPSA) is 68.5 Å². The molecule has 1 aliphatic rings. The fourth-order valence-electron chi connectivity index (χ4n) is 1.94. The average Bonchev–Trinajstić information content (AvgIpc) is 2.39. The Morgan fingerprint density at radius 1 is 1.47 bits per heavy atom. The third kappa shape index (κ3) is 2.74. The average molecular weight is 235 g/mol. The fourth-order valence-corrected chi connectivity index (χ4v) is 1.94. The Morgan fingerprint density at radius 3 is 2.76 bits per heavy atom. The van der Waals surface area contributed by atoms with Gasteiger partial charge in [-0.3, -0.25) is 4.79 Å². The summed E-state index contributed by atoms with van der Waals surface area (Å²) in [6.07, 6.45) is 3.21. The molecule has 1 amide bonds. The minimum atomic E-state index is 0.0614. The maximum atomic E-state index is 12.2. The molecule has 2 rings (SSSR count). The number of aromatic nitrogens is 1. The zero-order valence-corrected chi connectivity index (χ0v) is 9.93. The summed E-state index contributed by atoms with van der Waals surface area (Å²) in [5.41, 5.74) is 6.29. The molecular weight excluding hydrogens is 218 g/mol. The highest BCUT2D eigenvalue weighted by molar-refractivity contribution is 5.94. The van der Waals surface area contributed by atoms with E-state index in [4.69, 9.17) is 10.5 Å². The summed E-state index contributed by atoms with van der Waals surface area (Å²) in [5.74, 6) is 0.645. The predicted molar refractivity (Wildman–Crippen MR) is 65.6 cm³/mol. The molecule has 17 heavy (non-hydrogen) atoms. The van der Waals surface area contributed by atoms with E-state index in [0.717, 1.165) is 18.5 Å². The van der Waals surface area contributed by atoms with Gasteiger partial charge < -0.3 is 15.4 Å². The van der Waals surface area contributed by atoms with E-state index >= 15 is 0 Å². The molecule has 0 radical (unpaired) electrons. The maximum absolute atomic E-state index is 12.2. The van der Waals surface area contributed by atoms with Crippen LogP contribution in [0.4, 0.5) is 11.5 Å². The third-order valence-electron chi connectivity index (χ3n) is 3.06. The first-order valence-corrected chi connectivity index (χ1v) is 5.75. The molecule has 0 unspecified atom stereocenters. The summed E-state index contributed by atoms with van der Waals surface area (Å²) < 4.78 is 5.25. The number of hydrogen-bond acceptors (Lipinski definition) is 4. The molecule has 5 heteroatoms. The van der Waals surface area contributed by atoms with Crippen molar-refractivity contribution in [3.8, 4) is 0 Å². The summed E-state index contributed by atoms with van der Waals surface area (Å²) >= 11 is 0. The smallest absolute Gasteiger partial charge is 0.230 e. The number of rotatable bonds is 2. The second kappa shape index (κ2) is 5.14.